The van der Waals surface area contributed by atoms with Crippen LogP contribution in [0.25, 0.3) is 0 Å². The molecule has 2 rings (SSSR count). The molecule has 0 fully saturated rings. The Morgan fingerprint density at radius 2 is 1.41 bits per heavy atom. The first-order valence-electron chi connectivity index (χ1n) is 6.20. The second kappa shape index (κ2) is 5.98. The lowest BCUT2D eigenvalue weighted by Gasteiger charge is -2.11. The van der Waals surface area contributed by atoms with Gasteiger partial charge in [0.15, 0.2) is 9.84 Å². The zero-order chi connectivity index (χ0) is 16.4. The fourth-order valence-electron chi connectivity index (χ4n) is 1.80. The highest BCUT2D eigenvalue weighted by Gasteiger charge is 2.17. The third kappa shape index (κ3) is 3.58. The van der Waals surface area contributed by atoms with Crippen LogP contribution in [0.2, 0.25) is 0 Å². The Labute approximate surface area is 129 Å². The number of sulfone groups is 1. The van der Waals surface area contributed by atoms with Gasteiger partial charge in [0.25, 0.3) is 10.0 Å². The van der Waals surface area contributed by atoms with Crippen LogP contribution in [0.3, 0.4) is 0 Å². The fraction of sp³-hybridized carbons (Fsp3) is 0.143. The molecule has 0 aliphatic heterocycles. The lowest BCUT2D eigenvalue weighted by molar-refractivity contribution is 0.417. The van der Waals surface area contributed by atoms with Gasteiger partial charge in [-0.15, -0.1) is 0 Å². The molecule has 0 saturated carbocycles. The van der Waals surface area contributed by atoms with Crippen molar-refractivity contribution in [3.63, 3.8) is 0 Å². The third-order valence-electron chi connectivity index (χ3n) is 2.91. The number of methoxy groups -OCH3 is 1. The highest BCUT2D eigenvalue weighted by Crippen LogP contribution is 2.26. The maximum Gasteiger partial charge on any atom is 0.262 e. The monoisotopic (exact) mass is 341 g/mol. The quantitative estimate of drug-likeness (QED) is 0.897. The normalized spacial score (nSPS) is 11.9. The first kappa shape index (κ1) is 16.3. The molecule has 0 saturated heterocycles. The highest BCUT2D eigenvalue weighted by molar-refractivity contribution is 7.92. The second-order valence-corrected chi connectivity index (χ2v) is 8.25. The molecule has 0 amide bonds. The van der Waals surface area contributed by atoms with E-state index in [1.165, 1.54) is 31.4 Å². The Morgan fingerprint density at radius 3 is 1.95 bits per heavy atom. The van der Waals surface area contributed by atoms with Gasteiger partial charge < -0.3 is 4.74 Å². The number of nitrogens with one attached hydrogen (secondary N) is 1. The van der Waals surface area contributed by atoms with Gasteiger partial charge in [0.2, 0.25) is 0 Å². The molecule has 0 aliphatic rings. The van der Waals surface area contributed by atoms with Gasteiger partial charge in [-0.1, -0.05) is 12.1 Å². The molecule has 8 heteroatoms. The van der Waals surface area contributed by atoms with Gasteiger partial charge in [-0.3, -0.25) is 4.72 Å². The first-order chi connectivity index (χ1) is 10.2. The van der Waals surface area contributed by atoms with Crippen molar-refractivity contribution in [2.45, 2.75) is 9.79 Å². The van der Waals surface area contributed by atoms with E-state index in [-0.39, 0.29) is 9.79 Å². The molecule has 0 aromatic heterocycles. The molecule has 0 atom stereocenters. The lowest BCUT2D eigenvalue weighted by Crippen LogP contribution is -2.13. The molecule has 0 radical (unpaired) electrons. The first-order valence-corrected chi connectivity index (χ1v) is 9.57. The Bertz CT molecular complexity index is 872. The maximum absolute atomic E-state index is 12.3. The summed E-state index contributed by atoms with van der Waals surface area (Å²) in [4.78, 5) is 0.0227. The summed E-state index contributed by atoms with van der Waals surface area (Å²) in [5, 5.41) is 0. The summed E-state index contributed by atoms with van der Waals surface area (Å²) in [6.07, 6.45) is 1.06. The van der Waals surface area contributed by atoms with Crippen molar-refractivity contribution >= 4 is 25.5 Å². The molecule has 0 heterocycles. The summed E-state index contributed by atoms with van der Waals surface area (Å²) in [5.41, 5.74) is 0.303. The Hall–Kier alpha value is -2.06. The average molecular weight is 341 g/mol. The number of anilines is 1. The van der Waals surface area contributed by atoms with Crippen molar-refractivity contribution < 1.29 is 21.6 Å². The number of ether oxygens (including phenoxy) is 1. The summed E-state index contributed by atoms with van der Waals surface area (Å²) in [7, 11) is -5.76. The van der Waals surface area contributed by atoms with E-state index in [1.807, 2.05) is 0 Å². The summed E-state index contributed by atoms with van der Waals surface area (Å²) < 4.78 is 54.9. The van der Waals surface area contributed by atoms with E-state index in [0.29, 0.717) is 11.4 Å². The fourth-order valence-corrected chi connectivity index (χ4v) is 3.50. The third-order valence-corrected chi connectivity index (χ3v) is 5.42. The van der Waals surface area contributed by atoms with E-state index < -0.39 is 19.9 Å². The molecule has 2 aromatic carbocycles. The number of rotatable bonds is 5. The van der Waals surface area contributed by atoms with Crippen LogP contribution in [-0.2, 0) is 19.9 Å². The summed E-state index contributed by atoms with van der Waals surface area (Å²) in [6.45, 7) is 0. The van der Waals surface area contributed by atoms with Crippen molar-refractivity contribution in [1.29, 1.82) is 0 Å². The van der Waals surface area contributed by atoms with Crippen LogP contribution < -0.4 is 9.46 Å². The zero-order valence-corrected chi connectivity index (χ0v) is 13.6. The number of hydrogen-bond acceptors (Lipinski definition) is 5. The predicted octanol–water partition coefficient (Wildman–Crippen LogP) is 1.90. The lowest BCUT2D eigenvalue weighted by atomic mass is 10.3. The number of para-hydroxylation sites is 2. The maximum atomic E-state index is 12.3. The van der Waals surface area contributed by atoms with Crippen molar-refractivity contribution in [2.24, 2.45) is 0 Å². The molecule has 2 aromatic rings. The van der Waals surface area contributed by atoms with Crippen LogP contribution in [-0.4, -0.2) is 30.2 Å². The predicted molar refractivity (Wildman–Crippen MR) is 83.4 cm³/mol. The van der Waals surface area contributed by atoms with E-state index >= 15 is 0 Å². The van der Waals surface area contributed by atoms with Crippen molar-refractivity contribution in [2.75, 3.05) is 18.1 Å². The van der Waals surface area contributed by atoms with E-state index in [9.17, 15) is 16.8 Å². The number of benzene rings is 2. The number of hydrogen-bond donors (Lipinski definition) is 1. The van der Waals surface area contributed by atoms with Crippen LogP contribution in [0.15, 0.2) is 58.3 Å². The topological polar surface area (TPSA) is 89.5 Å². The molecule has 0 spiro atoms. The van der Waals surface area contributed by atoms with Gasteiger partial charge in [-0.2, -0.15) is 0 Å². The highest BCUT2D eigenvalue weighted by atomic mass is 32.2. The Kier molecular flexibility index (Phi) is 4.43. The van der Waals surface area contributed by atoms with Gasteiger partial charge in [0.05, 0.1) is 22.6 Å². The summed E-state index contributed by atoms with van der Waals surface area (Å²) in [6, 6.07) is 11.6. The number of sulfonamides is 1. The van der Waals surface area contributed by atoms with Crippen LogP contribution in [0.5, 0.6) is 5.75 Å². The minimum Gasteiger partial charge on any atom is -0.495 e. The standard InChI is InChI=1S/C14H15NO5S2/c1-20-14-6-4-3-5-13(14)15-22(18,19)12-9-7-11(8-10-12)21(2,16)17/h3-10,15H,1-2H3. The molecule has 0 unspecified atom stereocenters. The molecule has 0 bridgehead atoms. The van der Waals surface area contributed by atoms with Gasteiger partial charge in [-0.05, 0) is 36.4 Å². The van der Waals surface area contributed by atoms with E-state index in [2.05, 4.69) is 4.72 Å². The molecule has 118 valence electrons. The largest absolute Gasteiger partial charge is 0.495 e. The van der Waals surface area contributed by atoms with E-state index in [1.54, 1.807) is 24.3 Å². The molecule has 0 aliphatic carbocycles. The van der Waals surface area contributed by atoms with Crippen molar-refractivity contribution in [1.82, 2.24) is 0 Å². The van der Waals surface area contributed by atoms with E-state index in [0.717, 1.165) is 6.26 Å². The second-order valence-electron chi connectivity index (χ2n) is 4.55. The molecular weight excluding hydrogens is 326 g/mol. The van der Waals surface area contributed by atoms with Crippen molar-refractivity contribution in [3.8, 4) is 5.75 Å². The van der Waals surface area contributed by atoms with Crippen LogP contribution in [0, 0.1) is 0 Å². The van der Waals surface area contributed by atoms with Crippen molar-refractivity contribution in [3.05, 3.63) is 48.5 Å². The van der Waals surface area contributed by atoms with Crippen LogP contribution in [0.4, 0.5) is 5.69 Å². The molecule has 22 heavy (non-hydrogen) atoms. The minimum absolute atomic E-state index is 0.0363. The van der Waals surface area contributed by atoms with E-state index in [4.69, 9.17) is 4.74 Å². The summed E-state index contributed by atoms with van der Waals surface area (Å²) in [5.74, 6) is 0.388. The Balaban J connectivity index is 2.35. The minimum atomic E-state index is -3.83. The van der Waals surface area contributed by atoms with Gasteiger partial charge >= 0.3 is 0 Å². The van der Waals surface area contributed by atoms with Gasteiger partial charge in [0, 0.05) is 6.26 Å². The van der Waals surface area contributed by atoms with Gasteiger partial charge in [0.1, 0.15) is 5.75 Å². The van der Waals surface area contributed by atoms with Gasteiger partial charge in [-0.25, -0.2) is 16.8 Å². The van der Waals surface area contributed by atoms with Crippen LogP contribution in [0.1, 0.15) is 0 Å². The molecule has 1 N–H and O–H groups in total. The molecular formula is C14H15NO5S2. The Morgan fingerprint density at radius 1 is 0.864 bits per heavy atom. The SMILES string of the molecule is COc1ccccc1NS(=O)(=O)c1ccc(S(C)(=O)=O)cc1. The average Bonchev–Trinajstić information content (AvgIpc) is 2.47. The van der Waals surface area contributed by atoms with Crippen LogP contribution >= 0.6 is 0 Å². The zero-order valence-electron chi connectivity index (χ0n) is 12.0. The smallest absolute Gasteiger partial charge is 0.262 e. The molecule has 6 nitrogen and oxygen atoms in total. The summed E-state index contributed by atoms with van der Waals surface area (Å²) >= 11 is 0.